The van der Waals surface area contributed by atoms with Crippen molar-refractivity contribution in [1.82, 2.24) is 0 Å². The Kier molecular flexibility index (Phi) is 2.33. The average Bonchev–Trinajstić information content (AvgIpc) is 2.62. The second-order valence-corrected chi connectivity index (χ2v) is 3.56. The lowest BCUT2D eigenvalue weighted by Crippen LogP contribution is -2.03. The van der Waals surface area contributed by atoms with Gasteiger partial charge in [-0.3, -0.25) is 0 Å². The number of hydrogen-bond donors (Lipinski definition) is 1. The third-order valence-corrected chi connectivity index (χ3v) is 2.62. The van der Waals surface area contributed by atoms with Crippen LogP contribution in [0.15, 0.2) is 12.1 Å². The summed E-state index contributed by atoms with van der Waals surface area (Å²) in [5.74, 6) is -0.397. The molecule has 1 aliphatic rings. The predicted octanol–water partition coefficient (Wildman–Crippen LogP) is 2.09. The molecule has 1 heterocycles. The predicted molar refractivity (Wildman–Crippen MR) is 55.0 cm³/mol. The van der Waals surface area contributed by atoms with E-state index in [0.717, 1.165) is 24.2 Å². The number of halogens is 1. The summed E-state index contributed by atoms with van der Waals surface area (Å²) in [4.78, 5) is 11.3. The van der Waals surface area contributed by atoms with Crippen LogP contribution in [0.5, 0.6) is 0 Å². The molecule has 1 aliphatic heterocycles. The van der Waals surface area contributed by atoms with Crippen molar-refractivity contribution < 1.29 is 9.53 Å². The maximum absolute atomic E-state index is 11.3. The lowest BCUT2D eigenvalue weighted by atomic mass is 10.1. The Bertz CT molecular complexity index is 390. The highest BCUT2D eigenvalue weighted by Gasteiger charge is 2.17. The molecule has 1 aromatic carbocycles. The molecule has 0 saturated carbocycles. The van der Waals surface area contributed by atoms with Gasteiger partial charge in [0.05, 0.1) is 17.7 Å². The quantitative estimate of drug-likeness (QED) is 0.723. The SMILES string of the molecule is COC(=O)c1cc2c(cc1Cl)CCN2. The number of hydrogen-bond acceptors (Lipinski definition) is 3. The van der Waals surface area contributed by atoms with E-state index in [0.29, 0.717) is 10.6 Å². The van der Waals surface area contributed by atoms with Crippen molar-refractivity contribution in [3.63, 3.8) is 0 Å². The maximum atomic E-state index is 11.3. The summed E-state index contributed by atoms with van der Waals surface area (Å²) in [5, 5.41) is 3.64. The molecule has 0 bridgehead atoms. The minimum atomic E-state index is -0.397. The van der Waals surface area contributed by atoms with Crippen molar-refractivity contribution in [2.75, 3.05) is 19.0 Å². The Hall–Kier alpha value is -1.22. The number of benzene rings is 1. The third kappa shape index (κ3) is 1.44. The molecule has 0 saturated heterocycles. The van der Waals surface area contributed by atoms with Crippen LogP contribution in [0, 0.1) is 0 Å². The van der Waals surface area contributed by atoms with Gasteiger partial charge in [-0.2, -0.15) is 0 Å². The van der Waals surface area contributed by atoms with Gasteiger partial charge in [0.15, 0.2) is 0 Å². The molecule has 0 unspecified atom stereocenters. The van der Waals surface area contributed by atoms with Crippen LogP contribution in [0.3, 0.4) is 0 Å². The molecule has 0 amide bonds. The van der Waals surface area contributed by atoms with E-state index >= 15 is 0 Å². The van der Waals surface area contributed by atoms with E-state index in [4.69, 9.17) is 11.6 Å². The molecule has 0 aliphatic carbocycles. The molecule has 1 aromatic rings. The number of fused-ring (bicyclic) bond motifs is 1. The van der Waals surface area contributed by atoms with E-state index < -0.39 is 5.97 Å². The summed E-state index contributed by atoms with van der Waals surface area (Å²) in [6.07, 6.45) is 0.955. The Morgan fingerprint density at radius 1 is 1.57 bits per heavy atom. The van der Waals surface area contributed by atoms with Crippen molar-refractivity contribution in [2.45, 2.75) is 6.42 Å². The fourth-order valence-corrected chi connectivity index (χ4v) is 1.85. The molecule has 0 aromatic heterocycles. The smallest absolute Gasteiger partial charge is 0.339 e. The molecule has 0 spiro atoms. The second-order valence-electron chi connectivity index (χ2n) is 3.16. The highest BCUT2D eigenvalue weighted by atomic mass is 35.5. The number of anilines is 1. The topological polar surface area (TPSA) is 38.3 Å². The summed E-state index contributed by atoms with van der Waals surface area (Å²) >= 11 is 5.95. The fraction of sp³-hybridized carbons (Fsp3) is 0.300. The van der Waals surface area contributed by atoms with Gasteiger partial charge < -0.3 is 10.1 Å². The van der Waals surface area contributed by atoms with Gasteiger partial charge in [0.1, 0.15) is 0 Å². The first-order valence-electron chi connectivity index (χ1n) is 4.37. The number of methoxy groups -OCH3 is 1. The number of ether oxygens (including phenoxy) is 1. The van der Waals surface area contributed by atoms with Gasteiger partial charge in [0.2, 0.25) is 0 Å². The molecule has 74 valence electrons. The monoisotopic (exact) mass is 211 g/mol. The molecule has 0 radical (unpaired) electrons. The second kappa shape index (κ2) is 3.50. The standard InChI is InChI=1S/C10H10ClNO2/c1-14-10(13)7-5-9-6(2-3-12-9)4-8(7)11/h4-5,12H,2-3H2,1H3. The Balaban J connectivity index is 2.47. The van der Waals surface area contributed by atoms with Crippen molar-refractivity contribution in [3.8, 4) is 0 Å². The minimum Gasteiger partial charge on any atom is -0.465 e. The van der Waals surface area contributed by atoms with E-state index in [2.05, 4.69) is 10.1 Å². The number of rotatable bonds is 1. The van der Waals surface area contributed by atoms with Gasteiger partial charge in [-0.1, -0.05) is 11.6 Å². The Labute approximate surface area is 87.0 Å². The van der Waals surface area contributed by atoms with Crippen LogP contribution in [0.4, 0.5) is 5.69 Å². The first-order chi connectivity index (χ1) is 6.72. The molecule has 3 nitrogen and oxygen atoms in total. The van der Waals surface area contributed by atoms with Crippen LogP contribution in [-0.4, -0.2) is 19.6 Å². The van der Waals surface area contributed by atoms with Crippen molar-refractivity contribution in [3.05, 3.63) is 28.3 Å². The summed E-state index contributed by atoms with van der Waals surface area (Å²) in [6, 6.07) is 3.57. The van der Waals surface area contributed by atoms with E-state index in [1.54, 1.807) is 6.07 Å². The van der Waals surface area contributed by atoms with Gasteiger partial charge in [0.25, 0.3) is 0 Å². The van der Waals surface area contributed by atoms with E-state index in [1.807, 2.05) is 6.07 Å². The maximum Gasteiger partial charge on any atom is 0.339 e. The van der Waals surface area contributed by atoms with Gasteiger partial charge in [-0.25, -0.2) is 4.79 Å². The Morgan fingerprint density at radius 3 is 3.07 bits per heavy atom. The van der Waals surface area contributed by atoms with Crippen LogP contribution in [-0.2, 0) is 11.2 Å². The summed E-state index contributed by atoms with van der Waals surface area (Å²) in [7, 11) is 1.35. The minimum absolute atomic E-state index is 0.397. The van der Waals surface area contributed by atoms with Crippen LogP contribution in [0.25, 0.3) is 0 Å². The lowest BCUT2D eigenvalue weighted by Gasteiger charge is -2.05. The van der Waals surface area contributed by atoms with Gasteiger partial charge in [-0.05, 0) is 24.1 Å². The molecular formula is C10H10ClNO2. The highest BCUT2D eigenvalue weighted by molar-refractivity contribution is 6.33. The van der Waals surface area contributed by atoms with Crippen LogP contribution in [0.2, 0.25) is 5.02 Å². The zero-order valence-electron chi connectivity index (χ0n) is 7.76. The van der Waals surface area contributed by atoms with Crippen LogP contribution in [0.1, 0.15) is 15.9 Å². The van der Waals surface area contributed by atoms with Gasteiger partial charge in [-0.15, -0.1) is 0 Å². The molecule has 0 atom stereocenters. The molecule has 0 fully saturated rings. The lowest BCUT2D eigenvalue weighted by molar-refractivity contribution is 0.0601. The molecule has 4 heteroatoms. The zero-order valence-corrected chi connectivity index (χ0v) is 8.52. The number of nitrogens with one attached hydrogen (secondary N) is 1. The van der Waals surface area contributed by atoms with Crippen LogP contribution < -0.4 is 5.32 Å². The van der Waals surface area contributed by atoms with Crippen molar-refractivity contribution in [2.24, 2.45) is 0 Å². The number of carbonyl (C=O) groups excluding carboxylic acids is 1. The summed E-state index contributed by atoms with van der Waals surface area (Å²) < 4.78 is 4.63. The van der Waals surface area contributed by atoms with E-state index in [-0.39, 0.29) is 0 Å². The van der Waals surface area contributed by atoms with Gasteiger partial charge in [0, 0.05) is 12.2 Å². The van der Waals surface area contributed by atoms with E-state index in [9.17, 15) is 4.79 Å². The molecular weight excluding hydrogens is 202 g/mol. The third-order valence-electron chi connectivity index (χ3n) is 2.31. The highest BCUT2D eigenvalue weighted by Crippen LogP contribution is 2.29. The van der Waals surface area contributed by atoms with Crippen LogP contribution >= 0.6 is 11.6 Å². The Morgan fingerprint density at radius 2 is 2.36 bits per heavy atom. The largest absolute Gasteiger partial charge is 0.465 e. The first kappa shape index (κ1) is 9.34. The van der Waals surface area contributed by atoms with Crippen molar-refractivity contribution >= 4 is 23.3 Å². The zero-order chi connectivity index (χ0) is 10.1. The number of esters is 1. The van der Waals surface area contributed by atoms with Crippen molar-refractivity contribution in [1.29, 1.82) is 0 Å². The van der Waals surface area contributed by atoms with Gasteiger partial charge >= 0.3 is 5.97 Å². The molecule has 1 N–H and O–H groups in total. The average molecular weight is 212 g/mol. The number of carbonyl (C=O) groups is 1. The first-order valence-corrected chi connectivity index (χ1v) is 4.75. The summed E-state index contributed by atoms with van der Waals surface area (Å²) in [6.45, 7) is 0.899. The molecule has 2 rings (SSSR count). The fourth-order valence-electron chi connectivity index (χ4n) is 1.58. The van der Waals surface area contributed by atoms with E-state index in [1.165, 1.54) is 7.11 Å². The normalized spacial score (nSPS) is 13.3. The molecule has 14 heavy (non-hydrogen) atoms. The summed E-state index contributed by atoms with van der Waals surface area (Å²) in [5.41, 5.74) is 2.56.